The van der Waals surface area contributed by atoms with E-state index in [2.05, 4.69) is 57.8 Å². The van der Waals surface area contributed by atoms with Crippen LogP contribution in [0, 0.1) is 11.8 Å². The SMILES string of the molecule is C[C@@H](COC[C@H](C)C(Cl)c1cccc(Br)c1)C(Cl)c1cccc(Br)c1. The molecular formula is C20H22Br2Cl2O. The molecule has 136 valence electrons. The largest absolute Gasteiger partial charge is 0.381 e. The van der Waals surface area contributed by atoms with E-state index in [-0.39, 0.29) is 22.6 Å². The van der Waals surface area contributed by atoms with E-state index in [1.807, 2.05) is 36.4 Å². The highest BCUT2D eigenvalue weighted by atomic mass is 79.9. The maximum Gasteiger partial charge on any atom is 0.0633 e. The number of alkyl halides is 2. The van der Waals surface area contributed by atoms with Crippen molar-refractivity contribution in [1.82, 2.24) is 0 Å². The number of benzene rings is 2. The van der Waals surface area contributed by atoms with Crippen LogP contribution in [0.1, 0.15) is 35.7 Å². The fourth-order valence-corrected chi connectivity index (χ4v) is 3.87. The molecule has 0 amide bonds. The van der Waals surface area contributed by atoms with Crippen molar-refractivity contribution in [2.75, 3.05) is 13.2 Å². The van der Waals surface area contributed by atoms with Crippen molar-refractivity contribution in [2.24, 2.45) is 11.8 Å². The Hall–Kier alpha value is -0.0600. The Morgan fingerprint density at radius 3 is 1.56 bits per heavy atom. The average molecular weight is 509 g/mol. The molecule has 0 N–H and O–H groups in total. The smallest absolute Gasteiger partial charge is 0.0633 e. The van der Waals surface area contributed by atoms with Crippen molar-refractivity contribution < 1.29 is 4.74 Å². The van der Waals surface area contributed by atoms with Crippen LogP contribution >= 0.6 is 55.1 Å². The van der Waals surface area contributed by atoms with Gasteiger partial charge >= 0.3 is 0 Å². The maximum atomic E-state index is 6.59. The Bertz CT molecular complexity index is 623. The van der Waals surface area contributed by atoms with Gasteiger partial charge in [-0.3, -0.25) is 0 Å². The second-order valence-corrected chi connectivity index (χ2v) is 9.18. The summed E-state index contributed by atoms with van der Waals surface area (Å²) in [4.78, 5) is 0. The second kappa shape index (κ2) is 10.3. The molecule has 1 nitrogen and oxygen atoms in total. The van der Waals surface area contributed by atoms with Gasteiger partial charge in [0.25, 0.3) is 0 Å². The lowest BCUT2D eigenvalue weighted by Gasteiger charge is -2.22. The van der Waals surface area contributed by atoms with Crippen LogP contribution in [0.15, 0.2) is 57.5 Å². The molecule has 0 aliphatic rings. The third kappa shape index (κ3) is 6.55. The third-order valence-corrected chi connectivity index (χ3v) is 6.45. The van der Waals surface area contributed by atoms with Crippen LogP contribution in [-0.4, -0.2) is 13.2 Å². The zero-order valence-electron chi connectivity index (χ0n) is 14.3. The molecule has 0 aliphatic carbocycles. The van der Waals surface area contributed by atoms with E-state index in [1.54, 1.807) is 0 Å². The van der Waals surface area contributed by atoms with Gasteiger partial charge in [0.2, 0.25) is 0 Å². The minimum absolute atomic E-state index is 0.0790. The topological polar surface area (TPSA) is 9.23 Å². The summed E-state index contributed by atoms with van der Waals surface area (Å²) in [5.74, 6) is 0.422. The highest BCUT2D eigenvalue weighted by molar-refractivity contribution is 9.10. The zero-order valence-corrected chi connectivity index (χ0v) is 18.9. The molecule has 0 aromatic heterocycles. The predicted molar refractivity (Wildman–Crippen MR) is 115 cm³/mol. The molecule has 0 aliphatic heterocycles. The first-order valence-electron chi connectivity index (χ1n) is 8.25. The Kier molecular flexibility index (Phi) is 8.77. The summed E-state index contributed by atoms with van der Waals surface area (Å²) >= 11 is 20.1. The highest BCUT2D eigenvalue weighted by Gasteiger charge is 2.20. The number of halogens is 4. The van der Waals surface area contributed by atoms with Crippen LogP contribution in [0.3, 0.4) is 0 Å². The molecule has 0 heterocycles. The van der Waals surface area contributed by atoms with Gasteiger partial charge in [-0.05, 0) is 47.2 Å². The second-order valence-electron chi connectivity index (χ2n) is 6.41. The van der Waals surface area contributed by atoms with Gasteiger partial charge in [0.05, 0.1) is 24.0 Å². The number of hydrogen-bond donors (Lipinski definition) is 0. The fourth-order valence-electron chi connectivity index (χ4n) is 2.62. The van der Waals surface area contributed by atoms with Crippen molar-refractivity contribution in [1.29, 1.82) is 0 Å². The fraction of sp³-hybridized carbons (Fsp3) is 0.400. The molecule has 0 spiro atoms. The summed E-state index contributed by atoms with van der Waals surface area (Å²) in [6.45, 7) is 5.42. The van der Waals surface area contributed by atoms with Gasteiger partial charge < -0.3 is 4.74 Å². The molecule has 0 saturated carbocycles. The Morgan fingerprint density at radius 2 is 1.20 bits per heavy atom. The molecule has 4 atom stereocenters. The third-order valence-electron chi connectivity index (χ3n) is 4.09. The number of ether oxygens (including phenoxy) is 1. The molecule has 5 heteroatoms. The lowest BCUT2D eigenvalue weighted by Crippen LogP contribution is -2.17. The van der Waals surface area contributed by atoms with Gasteiger partial charge in [-0.25, -0.2) is 0 Å². The molecule has 2 unspecified atom stereocenters. The summed E-state index contributed by atoms with van der Waals surface area (Å²) in [5.41, 5.74) is 2.20. The first kappa shape index (κ1) is 21.2. The van der Waals surface area contributed by atoms with E-state index in [0.29, 0.717) is 13.2 Å². The van der Waals surface area contributed by atoms with E-state index < -0.39 is 0 Å². The minimum Gasteiger partial charge on any atom is -0.381 e. The summed E-state index contributed by atoms with van der Waals surface area (Å²) in [6.07, 6.45) is 0. The summed E-state index contributed by atoms with van der Waals surface area (Å²) < 4.78 is 7.99. The Balaban J connectivity index is 1.82. The van der Waals surface area contributed by atoms with Crippen LogP contribution < -0.4 is 0 Å². The molecule has 0 saturated heterocycles. The van der Waals surface area contributed by atoms with Crippen molar-refractivity contribution in [3.05, 3.63) is 68.6 Å². The van der Waals surface area contributed by atoms with Gasteiger partial charge in [-0.2, -0.15) is 0 Å². The summed E-state index contributed by atoms with van der Waals surface area (Å²) in [5, 5.41) is -0.158. The molecular weight excluding hydrogens is 487 g/mol. The van der Waals surface area contributed by atoms with Gasteiger partial charge in [-0.1, -0.05) is 70.0 Å². The van der Waals surface area contributed by atoms with Crippen LogP contribution in [0.25, 0.3) is 0 Å². The molecule has 0 radical (unpaired) electrons. The quantitative estimate of drug-likeness (QED) is 0.331. The van der Waals surface area contributed by atoms with E-state index >= 15 is 0 Å². The van der Waals surface area contributed by atoms with E-state index in [1.165, 1.54) is 0 Å². The van der Waals surface area contributed by atoms with Crippen molar-refractivity contribution in [3.8, 4) is 0 Å². The monoisotopic (exact) mass is 506 g/mol. The molecule has 2 aromatic carbocycles. The predicted octanol–water partition coefficient (Wildman–Crippen LogP) is 7.76. The van der Waals surface area contributed by atoms with E-state index in [4.69, 9.17) is 27.9 Å². The van der Waals surface area contributed by atoms with E-state index in [0.717, 1.165) is 20.1 Å². The molecule has 25 heavy (non-hydrogen) atoms. The first-order chi connectivity index (χ1) is 11.9. The van der Waals surface area contributed by atoms with Gasteiger partial charge in [0.1, 0.15) is 0 Å². The van der Waals surface area contributed by atoms with E-state index in [9.17, 15) is 0 Å². The van der Waals surface area contributed by atoms with Crippen molar-refractivity contribution >= 4 is 55.1 Å². The van der Waals surface area contributed by atoms with Crippen LogP contribution in [0.5, 0.6) is 0 Å². The number of hydrogen-bond acceptors (Lipinski definition) is 1. The van der Waals surface area contributed by atoms with Gasteiger partial charge in [0.15, 0.2) is 0 Å². The van der Waals surface area contributed by atoms with Crippen molar-refractivity contribution in [3.63, 3.8) is 0 Å². The average Bonchev–Trinajstić information content (AvgIpc) is 2.60. The van der Waals surface area contributed by atoms with Crippen LogP contribution in [-0.2, 0) is 4.74 Å². The van der Waals surface area contributed by atoms with Gasteiger partial charge in [-0.15, -0.1) is 23.2 Å². The molecule has 0 bridgehead atoms. The zero-order chi connectivity index (χ0) is 18.4. The van der Waals surface area contributed by atoms with Gasteiger partial charge in [0, 0.05) is 8.95 Å². The molecule has 2 aromatic rings. The van der Waals surface area contributed by atoms with Crippen LogP contribution in [0.4, 0.5) is 0 Å². The van der Waals surface area contributed by atoms with Crippen molar-refractivity contribution in [2.45, 2.75) is 24.6 Å². The van der Waals surface area contributed by atoms with Crippen LogP contribution in [0.2, 0.25) is 0 Å². The standard InChI is InChI=1S/C20H22Br2Cl2O/c1-13(19(23)15-5-3-7-17(21)9-15)11-25-12-14(2)20(24)16-6-4-8-18(22)10-16/h3-10,13-14,19-20H,11-12H2,1-2H3/t13-,14-,19?,20?/m0/s1. The summed E-state index contributed by atoms with van der Waals surface area (Å²) in [6, 6.07) is 16.2. The highest BCUT2D eigenvalue weighted by Crippen LogP contribution is 2.33. The maximum absolute atomic E-state index is 6.59. The Labute approximate surface area is 177 Å². The minimum atomic E-state index is -0.0790. The lowest BCUT2D eigenvalue weighted by molar-refractivity contribution is 0.0775. The normalized spacial score (nSPS) is 16.2. The molecule has 0 fully saturated rings. The molecule has 2 rings (SSSR count). The first-order valence-corrected chi connectivity index (χ1v) is 10.7. The lowest BCUT2D eigenvalue weighted by atomic mass is 10.0. The number of rotatable bonds is 8. The Morgan fingerprint density at radius 1 is 0.800 bits per heavy atom. The summed E-state index contributed by atoms with van der Waals surface area (Å²) in [7, 11) is 0.